The van der Waals surface area contributed by atoms with Gasteiger partial charge < -0.3 is 5.32 Å². The molecule has 5 nitrogen and oxygen atoms in total. The normalized spacial score (nSPS) is 15.6. The molecule has 142 valence electrons. The number of carbonyl (C=O) groups is 2. The number of allylic oxidation sites excluding steroid dienone is 2. The quantitative estimate of drug-likeness (QED) is 0.547. The second-order valence-electron chi connectivity index (χ2n) is 5.99. The fraction of sp³-hybridized carbons (Fsp3) is 0.143. The summed E-state index contributed by atoms with van der Waals surface area (Å²) in [4.78, 5) is 30.7. The number of hydrogen-bond acceptors (Lipinski definition) is 5. The van der Waals surface area contributed by atoms with Crippen LogP contribution in [0.2, 0.25) is 0 Å². The first kappa shape index (κ1) is 20.0. The molecule has 0 spiro atoms. The van der Waals surface area contributed by atoms with Gasteiger partial charge in [0.2, 0.25) is 5.91 Å². The van der Waals surface area contributed by atoms with Crippen molar-refractivity contribution >= 4 is 52.0 Å². The van der Waals surface area contributed by atoms with Crippen LogP contribution in [0.1, 0.15) is 18.4 Å². The molecule has 0 atom stereocenters. The number of pyridine rings is 1. The Bertz CT molecular complexity index is 912. The van der Waals surface area contributed by atoms with Gasteiger partial charge in [-0.2, -0.15) is 0 Å². The van der Waals surface area contributed by atoms with Crippen LogP contribution >= 0.6 is 24.0 Å². The van der Waals surface area contributed by atoms with Crippen molar-refractivity contribution in [3.63, 3.8) is 0 Å². The monoisotopic (exact) mass is 409 g/mol. The second-order valence-corrected chi connectivity index (χ2v) is 7.67. The number of nitrogens with one attached hydrogen (secondary N) is 1. The van der Waals surface area contributed by atoms with Gasteiger partial charge in [0, 0.05) is 19.2 Å². The van der Waals surface area contributed by atoms with Crippen LogP contribution in [-0.4, -0.2) is 32.6 Å². The zero-order valence-corrected chi connectivity index (χ0v) is 16.7. The van der Waals surface area contributed by atoms with Gasteiger partial charge in [0.15, 0.2) is 0 Å². The molecule has 3 rings (SSSR count). The molecule has 7 heteroatoms. The number of benzene rings is 1. The molecule has 2 aromatic rings. The van der Waals surface area contributed by atoms with E-state index in [1.165, 1.54) is 11.8 Å². The summed E-state index contributed by atoms with van der Waals surface area (Å²) in [6, 6.07) is 15.2. The van der Waals surface area contributed by atoms with E-state index in [2.05, 4.69) is 10.3 Å². The maximum Gasteiger partial charge on any atom is 0.266 e. The fourth-order valence-electron chi connectivity index (χ4n) is 2.56. The molecule has 2 heterocycles. The number of anilines is 1. The van der Waals surface area contributed by atoms with E-state index in [9.17, 15) is 9.59 Å². The zero-order chi connectivity index (χ0) is 19.8. The van der Waals surface area contributed by atoms with Crippen LogP contribution in [0.3, 0.4) is 0 Å². The van der Waals surface area contributed by atoms with Crippen molar-refractivity contribution in [3.05, 3.63) is 77.3 Å². The molecule has 2 amide bonds. The number of thiocarbonyl (C=S) groups is 1. The Kier molecular flexibility index (Phi) is 7.11. The smallest absolute Gasteiger partial charge is 0.266 e. The largest absolute Gasteiger partial charge is 0.311 e. The highest BCUT2D eigenvalue weighted by Crippen LogP contribution is 2.31. The highest BCUT2D eigenvalue weighted by molar-refractivity contribution is 8.26. The number of thioether (sulfide) groups is 1. The first-order chi connectivity index (χ1) is 13.6. The van der Waals surface area contributed by atoms with Crippen LogP contribution in [0, 0.1) is 0 Å². The van der Waals surface area contributed by atoms with Crippen molar-refractivity contribution in [2.75, 3.05) is 11.9 Å². The highest BCUT2D eigenvalue weighted by Gasteiger charge is 2.31. The van der Waals surface area contributed by atoms with Gasteiger partial charge in [0.1, 0.15) is 10.1 Å². The minimum absolute atomic E-state index is 0.113. The molecule has 0 bridgehead atoms. The third-order valence-electron chi connectivity index (χ3n) is 3.93. The molecule has 0 unspecified atom stereocenters. The van der Waals surface area contributed by atoms with Gasteiger partial charge in [0.25, 0.3) is 5.91 Å². The summed E-state index contributed by atoms with van der Waals surface area (Å²) in [7, 11) is 0. The van der Waals surface area contributed by atoms with Crippen molar-refractivity contribution in [2.45, 2.75) is 12.8 Å². The highest BCUT2D eigenvalue weighted by atomic mass is 32.2. The summed E-state index contributed by atoms with van der Waals surface area (Å²) in [6.07, 6.45) is 8.00. The molecule has 1 aromatic heterocycles. The van der Waals surface area contributed by atoms with Crippen molar-refractivity contribution in [2.24, 2.45) is 0 Å². The summed E-state index contributed by atoms with van der Waals surface area (Å²) in [6.45, 7) is 0.417. The molecule has 0 aliphatic carbocycles. The van der Waals surface area contributed by atoms with Crippen LogP contribution in [0.4, 0.5) is 5.82 Å². The number of carbonyl (C=O) groups excluding carboxylic acids is 2. The predicted octanol–water partition coefficient (Wildman–Crippen LogP) is 4.26. The van der Waals surface area contributed by atoms with Crippen molar-refractivity contribution in [1.29, 1.82) is 0 Å². The molecule has 1 aliphatic rings. The molecular formula is C21H19N3O2S2. The maximum absolute atomic E-state index is 12.5. The predicted molar refractivity (Wildman–Crippen MR) is 118 cm³/mol. The summed E-state index contributed by atoms with van der Waals surface area (Å²) in [5.41, 5.74) is 1.06. The van der Waals surface area contributed by atoms with Gasteiger partial charge in [0.05, 0.1) is 4.91 Å². The van der Waals surface area contributed by atoms with Gasteiger partial charge in [-0.25, -0.2) is 4.98 Å². The van der Waals surface area contributed by atoms with E-state index in [-0.39, 0.29) is 11.8 Å². The Morgan fingerprint density at radius 1 is 1.18 bits per heavy atom. The topological polar surface area (TPSA) is 62.3 Å². The van der Waals surface area contributed by atoms with E-state index in [1.807, 2.05) is 42.5 Å². The maximum atomic E-state index is 12.5. The lowest BCUT2D eigenvalue weighted by Crippen LogP contribution is -2.29. The third kappa shape index (κ3) is 5.61. The fourth-order valence-corrected chi connectivity index (χ4v) is 3.82. The average molecular weight is 410 g/mol. The van der Waals surface area contributed by atoms with Crippen LogP contribution in [0.15, 0.2) is 71.8 Å². The van der Waals surface area contributed by atoms with Crippen LogP contribution in [-0.2, 0) is 9.59 Å². The lowest BCUT2D eigenvalue weighted by Gasteiger charge is -2.13. The summed E-state index contributed by atoms with van der Waals surface area (Å²) in [5, 5.41) is 2.73. The SMILES string of the molecule is O=C(CCCN1C(=O)/C(=C/C=C/c2ccccc2)SC1=S)Nc1ccccn1. The zero-order valence-electron chi connectivity index (χ0n) is 15.1. The first-order valence-corrected chi connectivity index (χ1v) is 10.0. The van der Waals surface area contributed by atoms with Crippen molar-refractivity contribution < 1.29 is 9.59 Å². The molecule has 1 saturated heterocycles. The number of nitrogens with zero attached hydrogens (tertiary/aromatic N) is 2. The van der Waals surface area contributed by atoms with E-state index in [0.29, 0.717) is 34.4 Å². The summed E-state index contributed by atoms with van der Waals surface area (Å²) < 4.78 is 0.523. The van der Waals surface area contributed by atoms with E-state index < -0.39 is 0 Å². The minimum atomic E-state index is -0.134. The van der Waals surface area contributed by atoms with E-state index in [0.717, 1.165) is 5.56 Å². The first-order valence-electron chi connectivity index (χ1n) is 8.81. The van der Waals surface area contributed by atoms with Crippen LogP contribution < -0.4 is 5.32 Å². The molecule has 1 fully saturated rings. The van der Waals surface area contributed by atoms with E-state index in [4.69, 9.17) is 12.2 Å². The van der Waals surface area contributed by atoms with Gasteiger partial charge in [-0.05, 0) is 30.2 Å². The van der Waals surface area contributed by atoms with Gasteiger partial charge >= 0.3 is 0 Å². The van der Waals surface area contributed by atoms with E-state index in [1.54, 1.807) is 35.4 Å². The third-order valence-corrected chi connectivity index (χ3v) is 5.32. The van der Waals surface area contributed by atoms with Gasteiger partial charge in [-0.15, -0.1) is 0 Å². The second kappa shape index (κ2) is 9.96. The Labute approximate surface area is 173 Å². The summed E-state index contributed by atoms with van der Waals surface area (Å²) in [5.74, 6) is 0.273. The molecule has 28 heavy (non-hydrogen) atoms. The molecule has 1 aliphatic heterocycles. The molecular weight excluding hydrogens is 390 g/mol. The molecule has 1 N–H and O–H groups in total. The summed E-state index contributed by atoms with van der Waals surface area (Å²) >= 11 is 6.60. The number of rotatable bonds is 7. The number of amides is 2. The Hall–Kier alpha value is -2.77. The van der Waals surface area contributed by atoms with Crippen LogP contribution in [0.25, 0.3) is 6.08 Å². The standard InChI is InChI=1S/C21H19N3O2S2/c25-19(23-18-12-4-5-14-22-18)13-7-15-24-20(26)17(28-21(24)27)11-6-10-16-8-2-1-3-9-16/h1-6,8-12,14H,7,13,15H2,(H,22,23,25)/b10-6+,17-11-. The lowest BCUT2D eigenvalue weighted by molar-refractivity contribution is -0.122. The van der Waals surface area contributed by atoms with Gasteiger partial charge in [-0.1, -0.05) is 72.5 Å². The molecule has 0 radical (unpaired) electrons. The van der Waals surface area contributed by atoms with Crippen molar-refractivity contribution in [1.82, 2.24) is 9.88 Å². The Morgan fingerprint density at radius 2 is 1.96 bits per heavy atom. The molecule has 0 saturated carbocycles. The molecule has 1 aromatic carbocycles. The van der Waals surface area contributed by atoms with E-state index >= 15 is 0 Å². The Morgan fingerprint density at radius 3 is 2.71 bits per heavy atom. The van der Waals surface area contributed by atoms with Crippen LogP contribution in [0.5, 0.6) is 0 Å². The number of aromatic nitrogens is 1. The Balaban J connectivity index is 1.49. The minimum Gasteiger partial charge on any atom is -0.311 e. The van der Waals surface area contributed by atoms with Gasteiger partial charge in [-0.3, -0.25) is 14.5 Å². The average Bonchev–Trinajstić information content (AvgIpc) is 2.97. The van der Waals surface area contributed by atoms with Crippen molar-refractivity contribution in [3.8, 4) is 0 Å². The lowest BCUT2D eigenvalue weighted by atomic mass is 10.2. The number of hydrogen-bond donors (Lipinski definition) is 1.